The molecule has 0 spiro atoms. The van der Waals surface area contributed by atoms with Crippen molar-refractivity contribution in [1.82, 2.24) is 42.5 Å². The largest absolute Gasteiger partial charge is 0.481 e. The first-order valence-electron chi connectivity index (χ1n) is 18.0. The van der Waals surface area contributed by atoms with Crippen LogP contribution < -0.4 is 65.5 Å². The maximum atomic E-state index is 13.6. The summed E-state index contributed by atoms with van der Waals surface area (Å²) in [4.78, 5) is 101. The Morgan fingerprint density at radius 1 is 0.466 bits per heavy atom. The fourth-order valence-electron chi connectivity index (χ4n) is 4.90. The van der Waals surface area contributed by atoms with E-state index in [0.717, 1.165) is 0 Å². The highest BCUT2D eigenvalue weighted by Gasteiger charge is 2.33. The number of carbonyl (C=O) groups is 8. The number of guanidine groups is 3. The Balaban J connectivity index is 6.13. The summed E-state index contributed by atoms with van der Waals surface area (Å²) in [5.41, 5.74) is 21.6. The van der Waals surface area contributed by atoms with Gasteiger partial charge in [-0.3, -0.25) is 49.8 Å². The van der Waals surface area contributed by atoms with Gasteiger partial charge in [-0.1, -0.05) is 0 Å². The maximum Gasteiger partial charge on any atom is 0.326 e. The smallest absolute Gasteiger partial charge is 0.326 e. The first kappa shape index (κ1) is 51.5. The monoisotopic (exact) mass is 831 g/mol. The third kappa shape index (κ3) is 23.4. The Morgan fingerprint density at radius 2 is 0.776 bits per heavy atom. The summed E-state index contributed by atoms with van der Waals surface area (Å²) in [5.74, 6) is -10.5. The summed E-state index contributed by atoms with van der Waals surface area (Å²) in [6.45, 7) is -0.751. The molecule has 0 bridgehead atoms. The van der Waals surface area contributed by atoms with Crippen molar-refractivity contribution in [1.29, 1.82) is 16.2 Å². The molecular weight excluding hydrogens is 774 g/mol. The number of aliphatic hydroxyl groups is 1. The van der Waals surface area contributed by atoms with Gasteiger partial charge in [0.25, 0.3) is 0 Å². The standard InChI is InChI=1S/C31H57N15O12/c32-15(4-1-11-39-29(33)34)23(52)42-17(7-9-21(48)49)26(55)46-20(14-47)27(56)43-16(5-2-12-40-30(35)36)24(53)44-18(8-10-22(50)51)25(54)45-19(28(57)58)6-3-13-41-31(37)38/h15-20,47H,1-14,32H2,(H,42,52)(H,43,56)(H,44,53)(H,45,54)(H,46,55)(H,48,49)(H,50,51)(H,57,58)(H4,33,34,39)(H4,35,36,40)(H4,37,38,41)/t15-,16-,17-,18-,19-,20-/m0/s1. The number of aliphatic carboxylic acids is 3. The minimum absolute atomic E-state index is 0.0111. The molecule has 27 nitrogen and oxygen atoms in total. The van der Waals surface area contributed by atoms with Crippen LogP contribution >= 0.6 is 0 Å². The van der Waals surface area contributed by atoms with Gasteiger partial charge in [-0.15, -0.1) is 0 Å². The summed E-state index contributed by atoms with van der Waals surface area (Å²) < 4.78 is 0. The molecule has 0 aromatic carbocycles. The van der Waals surface area contributed by atoms with E-state index in [9.17, 15) is 58.8 Å². The third-order valence-corrected chi connectivity index (χ3v) is 7.94. The summed E-state index contributed by atoms with van der Waals surface area (Å²) in [7, 11) is 0. The van der Waals surface area contributed by atoms with E-state index in [-0.39, 0.29) is 63.7 Å². The molecule has 0 aliphatic heterocycles. The molecule has 328 valence electrons. The zero-order chi connectivity index (χ0) is 44.4. The Morgan fingerprint density at radius 3 is 1.14 bits per heavy atom. The molecule has 0 aliphatic carbocycles. The number of aliphatic hydroxyl groups excluding tert-OH is 1. The topological polar surface area (TPSA) is 489 Å². The van der Waals surface area contributed by atoms with E-state index < -0.39 is 122 Å². The predicted octanol–water partition coefficient (Wildman–Crippen LogP) is -6.67. The van der Waals surface area contributed by atoms with E-state index in [0.29, 0.717) is 6.42 Å². The van der Waals surface area contributed by atoms with Crippen molar-refractivity contribution >= 4 is 65.3 Å². The Hall–Kier alpha value is -6.51. The highest BCUT2D eigenvalue weighted by atomic mass is 16.4. The average Bonchev–Trinajstić information content (AvgIpc) is 3.13. The normalized spacial score (nSPS) is 13.7. The predicted molar refractivity (Wildman–Crippen MR) is 204 cm³/mol. The number of amides is 5. The molecule has 23 N–H and O–H groups in total. The molecule has 5 amide bonds. The second-order valence-electron chi connectivity index (χ2n) is 12.7. The second-order valence-corrected chi connectivity index (χ2v) is 12.7. The fraction of sp³-hybridized carbons (Fsp3) is 0.645. The summed E-state index contributed by atoms with van der Waals surface area (Å²) >= 11 is 0. The van der Waals surface area contributed by atoms with Crippen molar-refractivity contribution in [3.05, 3.63) is 0 Å². The Labute approximate surface area is 332 Å². The van der Waals surface area contributed by atoms with Crippen LogP contribution in [-0.2, 0) is 38.4 Å². The Kier molecular flexibility index (Phi) is 24.8. The van der Waals surface area contributed by atoms with Crippen LogP contribution in [-0.4, -0.2) is 148 Å². The highest BCUT2D eigenvalue weighted by Crippen LogP contribution is 2.07. The molecule has 0 aromatic rings. The van der Waals surface area contributed by atoms with Crippen molar-refractivity contribution in [2.75, 3.05) is 26.2 Å². The molecule has 0 radical (unpaired) electrons. The zero-order valence-corrected chi connectivity index (χ0v) is 31.7. The molecule has 6 atom stereocenters. The lowest BCUT2D eigenvalue weighted by atomic mass is 10.1. The number of nitrogens with one attached hydrogen (secondary N) is 11. The van der Waals surface area contributed by atoms with Crippen molar-refractivity contribution < 1.29 is 58.8 Å². The van der Waals surface area contributed by atoms with E-state index >= 15 is 0 Å². The first-order valence-corrected chi connectivity index (χ1v) is 18.0. The number of carbonyl (C=O) groups excluding carboxylic acids is 5. The van der Waals surface area contributed by atoms with Crippen molar-refractivity contribution in [3.8, 4) is 0 Å². The number of rotatable bonds is 30. The second kappa shape index (κ2) is 28.0. The quantitative estimate of drug-likeness (QED) is 0.0182. The van der Waals surface area contributed by atoms with Crippen molar-refractivity contribution in [2.45, 2.75) is 100 Å². The van der Waals surface area contributed by atoms with Crippen LogP contribution in [0.1, 0.15) is 64.2 Å². The van der Waals surface area contributed by atoms with Gasteiger partial charge >= 0.3 is 17.9 Å². The van der Waals surface area contributed by atoms with Gasteiger partial charge in [-0.05, 0) is 51.4 Å². The van der Waals surface area contributed by atoms with Crippen LogP contribution in [0, 0.1) is 16.2 Å². The molecule has 0 aromatic heterocycles. The summed E-state index contributed by atoms with van der Waals surface area (Å²) in [6, 6.07) is -9.22. The van der Waals surface area contributed by atoms with E-state index in [1.165, 1.54) is 0 Å². The number of hydrogen-bond donors (Lipinski definition) is 19. The van der Waals surface area contributed by atoms with Crippen LogP contribution in [0.4, 0.5) is 0 Å². The highest BCUT2D eigenvalue weighted by molar-refractivity contribution is 5.96. The minimum Gasteiger partial charge on any atom is -0.481 e. The molecule has 0 rings (SSSR count). The van der Waals surface area contributed by atoms with Gasteiger partial charge in [0.15, 0.2) is 17.9 Å². The van der Waals surface area contributed by atoms with Crippen molar-refractivity contribution in [3.63, 3.8) is 0 Å². The van der Waals surface area contributed by atoms with Gasteiger partial charge in [0, 0.05) is 32.5 Å². The lowest BCUT2D eigenvalue weighted by Crippen LogP contribution is -2.60. The van der Waals surface area contributed by atoms with Crippen LogP contribution in [0.5, 0.6) is 0 Å². The SMILES string of the molecule is N=C(N)NCCC[C@H](NC(=O)[C@H](CCC(=O)O)NC(=O)[C@H](CCCNC(=N)N)NC(=O)[C@H](CO)NC(=O)[C@H](CCC(=O)O)NC(=O)[C@@H](N)CCCNC(=N)N)C(=O)O. The molecule has 0 aliphatic rings. The van der Waals surface area contributed by atoms with Gasteiger partial charge in [0.1, 0.15) is 30.2 Å². The molecule has 58 heavy (non-hydrogen) atoms. The van der Waals surface area contributed by atoms with E-state index in [2.05, 4.69) is 42.5 Å². The minimum atomic E-state index is -1.80. The van der Waals surface area contributed by atoms with Gasteiger partial charge in [0.05, 0.1) is 12.6 Å². The fourth-order valence-corrected chi connectivity index (χ4v) is 4.90. The molecule has 0 saturated carbocycles. The summed E-state index contributed by atoms with van der Waals surface area (Å²) in [5, 5.41) is 78.6. The lowest BCUT2D eigenvalue weighted by Gasteiger charge is -2.26. The maximum absolute atomic E-state index is 13.6. The molecular formula is C31H57N15O12. The van der Waals surface area contributed by atoms with E-state index in [1.54, 1.807) is 0 Å². The van der Waals surface area contributed by atoms with Gasteiger partial charge in [-0.2, -0.15) is 0 Å². The molecule has 0 saturated heterocycles. The van der Waals surface area contributed by atoms with Crippen LogP contribution in [0.2, 0.25) is 0 Å². The summed E-state index contributed by atoms with van der Waals surface area (Å²) in [6.07, 6.45) is -2.07. The lowest BCUT2D eigenvalue weighted by molar-refractivity contribution is -0.143. The molecule has 0 unspecified atom stereocenters. The molecule has 0 heterocycles. The number of carboxylic acids is 3. The van der Waals surface area contributed by atoms with Gasteiger partial charge in [0.2, 0.25) is 29.5 Å². The van der Waals surface area contributed by atoms with Crippen LogP contribution in [0.3, 0.4) is 0 Å². The zero-order valence-electron chi connectivity index (χ0n) is 31.7. The van der Waals surface area contributed by atoms with Crippen molar-refractivity contribution in [2.24, 2.45) is 22.9 Å². The van der Waals surface area contributed by atoms with E-state index in [1.807, 2.05) is 0 Å². The van der Waals surface area contributed by atoms with Crippen LogP contribution in [0.15, 0.2) is 0 Å². The van der Waals surface area contributed by atoms with Gasteiger partial charge < -0.3 is 85.9 Å². The average molecular weight is 832 g/mol. The Bertz CT molecular complexity index is 1470. The molecule has 27 heteroatoms. The van der Waals surface area contributed by atoms with Gasteiger partial charge in [-0.25, -0.2) is 4.79 Å². The number of carboxylic acid groups (broad SMARTS) is 3. The molecule has 0 fully saturated rings. The third-order valence-electron chi connectivity index (χ3n) is 7.94. The number of hydrogen-bond acceptors (Lipinski definition) is 13. The first-order chi connectivity index (χ1) is 27.2. The van der Waals surface area contributed by atoms with Crippen LogP contribution in [0.25, 0.3) is 0 Å². The van der Waals surface area contributed by atoms with E-state index in [4.69, 9.17) is 39.2 Å². The number of nitrogens with two attached hydrogens (primary N) is 4.